The van der Waals surface area contributed by atoms with Gasteiger partial charge in [0.25, 0.3) is 0 Å². The summed E-state index contributed by atoms with van der Waals surface area (Å²) >= 11 is 0. The maximum atomic E-state index is 14.1. The van der Waals surface area contributed by atoms with E-state index in [4.69, 9.17) is 40.3 Å². The number of benzene rings is 6. The normalized spacial score (nSPS) is 10.6. The average molecular weight is 910 g/mol. The fourth-order valence-electron chi connectivity index (χ4n) is 7.53. The predicted molar refractivity (Wildman–Crippen MR) is 261 cm³/mol. The number of Topliss-reactive ketones (excluding diaryl/α,β-unsaturated/α-hetero) is 2. The molecular formula is C54H51N7O7. The zero-order chi connectivity index (χ0) is 48.2. The maximum Gasteiger partial charge on any atom is 0.189 e. The molecule has 2 aromatic heterocycles. The molecule has 0 aliphatic rings. The Kier molecular flexibility index (Phi) is 15.2. The second-order valence-electron chi connectivity index (χ2n) is 15.5. The highest BCUT2D eigenvalue weighted by Gasteiger charge is 2.28. The van der Waals surface area contributed by atoms with Crippen LogP contribution in [0.15, 0.2) is 146 Å². The van der Waals surface area contributed by atoms with Gasteiger partial charge in [0.2, 0.25) is 0 Å². The number of aromatic nitrogens is 4. The first-order chi connectivity index (χ1) is 33.0. The molecule has 14 heteroatoms. The summed E-state index contributed by atoms with van der Waals surface area (Å²) in [5.41, 5.74) is 20.4. The second-order valence-corrected chi connectivity index (χ2v) is 15.5. The lowest BCUT2D eigenvalue weighted by atomic mass is 10.0. The topological polar surface area (TPSA) is 192 Å². The lowest BCUT2D eigenvalue weighted by Gasteiger charge is -2.12. The number of nitriles is 1. The van der Waals surface area contributed by atoms with E-state index in [1.54, 1.807) is 81.2 Å². The van der Waals surface area contributed by atoms with Crippen LogP contribution in [-0.4, -0.2) is 59.6 Å². The van der Waals surface area contributed by atoms with E-state index in [0.29, 0.717) is 69.1 Å². The zero-order valence-electron chi connectivity index (χ0n) is 38.4. The Hall–Kier alpha value is -8.83. The summed E-state index contributed by atoms with van der Waals surface area (Å²) in [7, 11) is 8.09. The van der Waals surface area contributed by atoms with Gasteiger partial charge < -0.3 is 35.2 Å². The molecule has 0 aliphatic heterocycles. The third kappa shape index (κ3) is 11.0. The molecule has 6 aromatic carbocycles. The van der Waals surface area contributed by atoms with Crippen LogP contribution in [0.5, 0.6) is 28.7 Å². The molecule has 68 heavy (non-hydrogen) atoms. The summed E-state index contributed by atoms with van der Waals surface area (Å²) in [6.07, 6.45) is 0.128. The van der Waals surface area contributed by atoms with E-state index >= 15 is 0 Å². The van der Waals surface area contributed by atoms with Crippen LogP contribution in [0.1, 0.15) is 48.8 Å². The quantitative estimate of drug-likeness (QED) is 0.0651. The lowest BCUT2D eigenvalue weighted by Crippen LogP contribution is -2.15. The van der Waals surface area contributed by atoms with E-state index in [2.05, 4.69) is 11.2 Å². The Labute approximate surface area is 394 Å². The Balaban J connectivity index is 0.000000225. The van der Waals surface area contributed by atoms with Crippen LogP contribution in [-0.2, 0) is 33.0 Å². The van der Waals surface area contributed by atoms with E-state index in [9.17, 15) is 14.9 Å². The largest absolute Gasteiger partial charge is 0.497 e. The van der Waals surface area contributed by atoms with Gasteiger partial charge in [0.1, 0.15) is 46.6 Å². The minimum absolute atomic E-state index is 0.0250. The number of carbonyl (C=O) groups excluding carboxylic acids is 2. The van der Waals surface area contributed by atoms with Crippen LogP contribution in [0.4, 0.5) is 11.4 Å². The zero-order valence-corrected chi connectivity index (χ0v) is 38.4. The standard InChI is InChI=1S/C34H30N4O4.C20H21N3O3/c1-40-28-13-8-23(9-14-28)21-38-33(31(39)19-27-18-25(20-35)12-17-30(27)36)34(32(37-38)26-6-4-3-5-7-26)42-22-24-10-15-29(41-2)16-11-24;1-23-19(17(24)11-14-9-10-15(25-2)12-16(14)21)20(26-3)18(22-23)13-7-5-4-6-8-13/h3-18H,19,21-22,36H2,1-2H3;4-10,12H,11,21H2,1-3H3. The number of carbonyl (C=O) groups is 2. The number of aryl methyl sites for hydroxylation is 1. The molecule has 344 valence electrons. The van der Waals surface area contributed by atoms with Crippen molar-refractivity contribution in [2.45, 2.75) is 26.0 Å². The van der Waals surface area contributed by atoms with E-state index in [0.717, 1.165) is 39.3 Å². The van der Waals surface area contributed by atoms with E-state index in [1.807, 2.05) is 109 Å². The average Bonchev–Trinajstić information content (AvgIpc) is 3.92. The van der Waals surface area contributed by atoms with Crippen LogP contribution in [0.25, 0.3) is 22.5 Å². The predicted octanol–water partition coefficient (Wildman–Crippen LogP) is 9.19. The van der Waals surface area contributed by atoms with Crippen LogP contribution in [0, 0.1) is 11.3 Å². The Morgan fingerprint density at radius 1 is 0.574 bits per heavy atom. The number of ether oxygens (including phenoxy) is 5. The third-order valence-corrected chi connectivity index (χ3v) is 11.1. The van der Waals surface area contributed by atoms with Gasteiger partial charge in [-0.2, -0.15) is 15.5 Å². The van der Waals surface area contributed by atoms with E-state index < -0.39 is 0 Å². The number of nitrogens with zero attached hydrogens (tertiary/aromatic N) is 5. The first kappa shape index (κ1) is 47.1. The Morgan fingerprint density at radius 3 is 1.68 bits per heavy atom. The summed E-state index contributed by atoms with van der Waals surface area (Å²) in [4.78, 5) is 27.1. The molecule has 0 saturated carbocycles. The van der Waals surface area contributed by atoms with Crippen LogP contribution in [0.2, 0.25) is 0 Å². The Bertz CT molecular complexity index is 3050. The molecular weight excluding hydrogens is 859 g/mol. The molecule has 0 saturated heterocycles. The minimum Gasteiger partial charge on any atom is -0.497 e. The summed E-state index contributed by atoms with van der Waals surface area (Å²) in [5.74, 6) is 2.63. The molecule has 2 heterocycles. The number of nitrogen functional groups attached to an aromatic ring is 2. The number of nitrogens with two attached hydrogens (primary N) is 2. The fraction of sp³-hybridized carbons (Fsp3) is 0.167. The molecule has 0 fully saturated rings. The molecule has 0 spiro atoms. The monoisotopic (exact) mass is 909 g/mol. The fourth-order valence-corrected chi connectivity index (χ4v) is 7.53. The van der Waals surface area contributed by atoms with Gasteiger partial charge in [-0.25, -0.2) is 0 Å². The van der Waals surface area contributed by atoms with E-state index in [-0.39, 0.29) is 31.0 Å². The molecule has 0 atom stereocenters. The van der Waals surface area contributed by atoms with Gasteiger partial charge in [0.15, 0.2) is 23.1 Å². The van der Waals surface area contributed by atoms with Crippen molar-refractivity contribution in [2.24, 2.45) is 7.05 Å². The summed E-state index contributed by atoms with van der Waals surface area (Å²) < 4.78 is 30.9. The highest BCUT2D eigenvalue weighted by atomic mass is 16.5. The van der Waals surface area contributed by atoms with Crippen molar-refractivity contribution in [3.8, 4) is 57.3 Å². The molecule has 14 nitrogen and oxygen atoms in total. The third-order valence-electron chi connectivity index (χ3n) is 11.1. The van der Waals surface area contributed by atoms with Gasteiger partial charge in [-0.05, 0) is 70.8 Å². The van der Waals surface area contributed by atoms with Gasteiger partial charge in [-0.15, -0.1) is 0 Å². The number of methoxy groups -OCH3 is 4. The molecule has 8 aromatic rings. The van der Waals surface area contributed by atoms with Gasteiger partial charge in [-0.3, -0.25) is 19.0 Å². The summed E-state index contributed by atoms with van der Waals surface area (Å²) in [6, 6.07) is 46.7. The highest BCUT2D eigenvalue weighted by Crippen LogP contribution is 2.36. The van der Waals surface area contributed by atoms with Crippen molar-refractivity contribution in [3.05, 3.63) is 185 Å². The molecule has 0 amide bonds. The van der Waals surface area contributed by atoms with Gasteiger partial charge >= 0.3 is 0 Å². The van der Waals surface area contributed by atoms with Crippen molar-refractivity contribution in [1.29, 1.82) is 5.26 Å². The summed E-state index contributed by atoms with van der Waals surface area (Å²) in [5, 5.41) is 18.8. The highest BCUT2D eigenvalue weighted by molar-refractivity contribution is 6.02. The molecule has 0 aliphatic carbocycles. The second kappa shape index (κ2) is 21.9. The van der Waals surface area contributed by atoms with Crippen molar-refractivity contribution in [1.82, 2.24) is 19.6 Å². The first-order valence-corrected chi connectivity index (χ1v) is 21.5. The van der Waals surface area contributed by atoms with E-state index in [1.165, 1.54) is 0 Å². The number of hydrogen-bond acceptors (Lipinski definition) is 12. The molecule has 0 unspecified atom stereocenters. The first-order valence-electron chi connectivity index (χ1n) is 21.5. The van der Waals surface area contributed by atoms with Gasteiger partial charge in [0.05, 0.1) is 46.6 Å². The number of ketones is 2. The Morgan fingerprint density at radius 2 is 1.12 bits per heavy atom. The van der Waals surface area contributed by atoms with Crippen LogP contribution in [0.3, 0.4) is 0 Å². The molecule has 0 bridgehead atoms. The van der Waals surface area contributed by atoms with Crippen LogP contribution < -0.4 is 35.2 Å². The van der Waals surface area contributed by atoms with Crippen molar-refractivity contribution in [2.75, 3.05) is 39.9 Å². The van der Waals surface area contributed by atoms with Crippen molar-refractivity contribution in [3.63, 3.8) is 0 Å². The van der Waals surface area contributed by atoms with Gasteiger partial charge in [-0.1, -0.05) is 91.0 Å². The molecule has 4 N–H and O–H groups in total. The number of hydrogen-bond donors (Lipinski definition) is 2. The summed E-state index contributed by atoms with van der Waals surface area (Å²) in [6.45, 7) is 0.537. The van der Waals surface area contributed by atoms with Crippen molar-refractivity contribution >= 4 is 22.9 Å². The smallest absolute Gasteiger partial charge is 0.189 e. The van der Waals surface area contributed by atoms with Crippen LogP contribution >= 0.6 is 0 Å². The van der Waals surface area contributed by atoms with Crippen molar-refractivity contribution < 1.29 is 33.3 Å². The number of rotatable bonds is 17. The molecule has 8 rings (SSSR count). The number of anilines is 2. The SMILES string of the molecule is COc1ccc(CC(=O)c2c(OC)c(-c3ccccc3)nn2C)c(N)c1.COc1ccc(COc2c(-c3ccccc3)nn(Cc3ccc(OC)cc3)c2C(=O)Cc2cc(C#N)ccc2N)cc1. The minimum atomic E-state index is -0.232. The van der Waals surface area contributed by atoms with Gasteiger partial charge in [0, 0.05) is 48.5 Å². The molecule has 0 radical (unpaired) electrons. The maximum absolute atomic E-state index is 14.1. The lowest BCUT2D eigenvalue weighted by molar-refractivity contribution is 0.0971.